The van der Waals surface area contributed by atoms with E-state index in [0.717, 1.165) is 21.7 Å². The van der Waals surface area contributed by atoms with Crippen LogP contribution in [-0.2, 0) is 16.1 Å². The maximum Gasteiger partial charge on any atom is 0.278 e. The highest BCUT2D eigenvalue weighted by molar-refractivity contribution is 7.11. The van der Waals surface area contributed by atoms with Gasteiger partial charge in [0.05, 0.1) is 12.1 Å². The van der Waals surface area contributed by atoms with Gasteiger partial charge in [-0.15, -0.1) is 11.3 Å². The van der Waals surface area contributed by atoms with E-state index < -0.39 is 0 Å². The maximum absolute atomic E-state index is 13.1. The Hall–Kier alpha value is -2.89. The molecule has 0 spiro atoms. The molecule has 0 saturated carbocycles. The van der Waals surface area contributed by atoms with Crippen molar-refractivity contribution in [2.75, 3.05) is 5.32 Å². The van der Waals surface area contributed by atoms with Crippen LogP contribution in [-0.4, -0.2) is 16.7 Å². The molecule has 6 heteroatoms. The van der Waals surface area contributed by atoms with Crippen LogP contribution in [0.3, 0.4) is 0 Å². The van der Waals surface area contributed by atoms with Crippen LogP contribution < -0.4 is 5.32 Å². The van der Waals surface area contributed by atoms with Gasteiger partial charge >= 0.3 is 0 Å². The zero-order chi connectivity index (χ0) is 19.7. The molecule has 4 rings (SSSR count). The molecule has 2 heterocycles. The number of imide groups is 1. The van der Waals surface area contributed by atoms with Gasteiger partial charge in [0.2, 0.25) is 0 Å². The zero-order valence-electron chi connectivity index (χ0n) is 15.1. The topological polar surface area (TPSA) is 49.4 Å². The van der Waals surface area contributed by atoms with Gasteiger partial charge in [-0.2, -0.15) is 0 Å². The minimum atomic E-state index is -0.330. The Morgan fingerprint density at radius 3 is 2.32 bits per heavy atom. The molecule has 0 atom stereocenters. The first kappa shape index (κ1) is 18.5. The van der Waals surface area contributed by atoms with Crippen molar-refractivity contribution in [3.63, 3.8) is 0 Å². The van der Waals surface area contributed by atoms with E-state index in [1.165, 1.54) is 16.2 Å². The summed E-state index contributed by atoms with van der Waals surface area (Å²) in [7, 11) is 0. The number of hydrogen-bond acceptors (Lipinski definition) is 4. The molecular weight excluding hydrogens is 392 g/mol. The Balaban J connectivity index is 1.69. The summed E-state index contributed by atoms with van der Waals surface area (Å²) in [5.74, 6) is -0.624. The lowest BCUT2D eigenvalue weighted by Crippen LogP contribution is -2.31. The molecule has 1 aliphatic heterocycles. The summed E-state index contributed by atoms with van der Waals surface area (Å²) in [6.07, 6.45) is 0. The van der Waals surface area contributed by atoms with E-state index in [0.29, 0.717) is 16.3 Å². The lowest BCUT2D eigenvalue weighted by atomic mass is 10.1. The second kappa shape index (κ2) is 7.62. The smallest absolute Gasteiger partial charge is 0.278 e. The Morgan fingerprint density at radius 1 is 0.964 bits per heavy atom. The summed E-state index contributed by atoms with van der Waals surface area (Å²) in [4.78, 5) is 28.3. The fraction of sp³-hybridized carbons (Fsp3) is 0.0909. The van der Waals surface area contributed by atoms with Crippen LogP contribution in [0.25, 0.3) is 5.57 Å². The number of halogens is 1. The third-order valence-electron chi connectivity index (χ3n) is 4.51. The van der Waals surface area contributed by atoms with E-state index >= 15 is 0 Å². The Bertz CT molecular complexity index is 1050. The fourth-order valence-electron chi connectivity index (χ4n) is 3.04. The molecule has 0 fully saturated rings. The molecule has 140 valence electrons. The molecule has 2 aromatic carbocycles. The van der Waals surface area contributed by atoms with Gasteiger partial charge < -0.3 is 5.32 Å². The molecule has 0 aliphatic carbocycles. The van der Waals surface area contributed by atoms with Crippen molar-refractivity contribution < 1.29 is 9.59 Å². The average molecular weight is 409 g/mol. The lowest BCUT2D eigenvalue weighted by Gasteiger charge is -2.15. The lowest BCUT2D eigenvalue weighted by molar-refractivity contribution is -0.137. The van der Waals surface area contributed by atoms with Crippen LogP contribution in [0.5, 0.6) is 0 Å². The molecule has 1 N–H and O–H groups in total. The monoisotopic (exact) mass is 408 g/mol. The third kappa shape index (κ3) is 3.59. The summed E-state index contributed by atoms with van der Waals surface area (Å²) in [5, 5.41) is 5.67. The summed E-state index contributed by atoms with van der Waals surface area (Å²) < 4.78 is 0. The van der Waals surface area contributed by atoms with Crippen molar-refractivity contribution in [1.82, 2.24) is 4.90 Å². The number of carbonyl (C=O) groups excluding carboxylic acids is 2. The van der Waals surface area contributed by atoms with Crippen molar-refractivity contribution in [3.05, 3.63) is 92.8 Å². The third-order valence-corrected chi connectivity index (χ3v) is 5.65. The molecule has 28 heavy (non-hydrogen) atoms. The number of nitrogens with zero attached hydrogens (tertiary/aromatic N) is 1. The Kier molecular flexibility index (Phi) is 5.03. The van der Waals surface area contributed by atoms with Crippen molar-refractivity contribution in [3.8, 4) is 0 Å². The highest BCUT2D eigenvalue weighted by Gasteiger charge is 2.39. The van der Waals surface area contributed by atoms with Crippen LogP contribution in [0, 0.1) is 6.92 Å². The van der Waals surface area contributed by atoms with Crippen molar-refractivity contribution in [2.24, 2.45) is 0 Å². The van der Waals surface area contributed by atoms with E-state index in [-0.39, 0.29) is 18.4 Å². The molecule has 1 aliphatic rings. The molecule has 4 nitrogen and oxygen atoms in total. The second-order valence-corrected chi connectivity index (χ2v) is 7.93. The Labute approximate surface area is 172 Å². The number of nitrogens with one attached hydrogen (secondary N) is 1. The number of rotatable bonds is 5. The van der Waals surface area contributed by atoms with E-state index in [1.54, 1.807) is 12.1 Å². The molecule has 1 aromatic heterocycles. The van der Waals surface area contributed by atoms with Crippen molar-refractivity contribution in [1.29, 1.82) is 0 Å². The van der Waals surface area contributed by atoms with Gasteiger partial charge in [0.25, 0.3) is 11.8 Å². The van der Waals surface area contributed by atoms with Crippen LogP contribution in [0.15, 0.2) is 71.7 Å². The molecule has 0 saturated heterocycles. The van der Waals surface area contributed by atoms with Crippen LogP contribution >= 0.6 is 22.9 Å². The van der Waals surface area contributed by atoms with E-state index in [1.807, 2.05) is 60.8 Å². The van der Waals surface area contributed by atoms with Crippen LogP contribution in [0.1, 0.15) is 16.0 Å². The first-order valence-corrected chi connectivity index (χ1v) is 10.0. The van der Waals surface area contributed by atoms with Gasteiger partial charge in [-0.05, 0) is 48.2 Å². The molecule has 0 bridgehead atoms. The molecule has 2 amide bonds. The number of benzene rings is 2. The Morgan fingerprint density at radius 2 is 1.68 bits per heavy atom. The summed E-state index contributed by atoms with van der Waals surface area (Å²) in [6, 6.07) is 18.6. The van der Waals surface area contributed by atoms with Gasteiger partial charge in [-0.3, -0.25) is 14.5 Å². The number of hydrogen-bond donors (Lipinski definition) is 1. The molecule has 0 radical (unpaired) electrons. The van der Waals surface area contributed by atoms with Crippen LogP contribution in [0.4, 0.5) is 5.69 Å². The average Bonchev–Trinajstić information content (AvgIpc) is 3.28. The molecule has 0 unspecified atom stereocenters. The number of anilines is 1. The van der Waals surface area contributed by atoms with Gasteiger partial charge in [-0.25, -0.2) is 0 Å². The number of amides is 2. The van der Waals surface area contributed by atoms with Gasteiger partial charge in [-0.1, -0.05) is 47.5 Å². The maximum atomic E-state index is 13.1. The van der Waals surface area contributed by atoms with E-state index in [4.69, 9.17) is 11.6 Å². The van der Waals surface area contributed by atoms with Gasteiger partial charge in [0.15, 0.2) is 0 Å². The molecule has 3 aromatic rings. The van der Waals surface area contributed by atoms with E-state index in [9.17, 15) is 9.59 Å². The highest BCUT2D eigenvalue weighted by Crippen LogP contribution is 2.33. The highest BCUT2D eigenvalue weighted by atomic mass is 35.5. The predicted octanol–water partition coefficient (Wildman–Crippen LogP) is 5.10. The summed E-state index contributed by atoms with van der Waals surface area (Å²) >= 11 is 7.37. The first-order chi connectivity index (χ1) is 13.5. The fourth-order valence-corrected chi connectivity index (χ4v) is 3.93. The van der Waals surface area contributed by atoms with Gasteiger partial charge in [0.1, 0.15) is 5.70 Å². The number of thiophene rings is 1. The predicted molar refractivity (Wildman–Crippen MR) is 113 cm³/mol. The van der Waals surface area contributed by atoms with Crippen molar-refractivity contribution >= 4 is 46.0 Å². The SMILES string of the molecule is Cc1ccc(NC2=C(c3cccs3)C(=O)N(Cc3ccc(Cl)cc3)C2=O)cc1. The minimum Gasteiger partial charge on any atom is -0.350 e. The standard InChI is InChI=1S/C22H17ClN2O2S/c1-14-4-10-17(11-5-14)24-20-19(18-3-2-12-28-18)21(26)25(22(20)27)13-15-6-8-16(23)9-7-15/h2-12,24H,13H2,1H3. The second-order valence-electron chi connectivity index (χ2n) is 6.54. The summed E-state index contributed by atoms with van der Waals surface area (Å²) in [5.41, 5.74) is 3.45. The largest absolute Gasteiger partial charge is 0.350 e. The summed E-state index contributed by atoms with van der Waals surface area (Å²) in [6.45, 7) is 2.20. The normalized spacial score (nSPS) is 14.1. The van der Waals surface area contributed by atoms with E-state index in [2.05, 4.69) is 5.32 Å². The zero-order valence-corrected chi connectivity index (χ0v) is 16.7. The van der Waals surface area contributed by atoms with Gasteiger partial charge in [0, 0.05) is 15.6 Å². The number of carbonyl (C=O) groups is 2. The minimum absolute atomic E-state index is 0.197. The molecular formula is C22H17ClN2O2S. The quantitative estimate of drug-likeness (QED) is 0.597. The number of aryl methyl sites for hydroxylation is 1. The first-order valence-electron chi connectivity index (χ1n) is 8.75. The van der Waals surface area contributed by atoms with Crippen LogP contribution in [0.2, 0.25) is 5.02 Å². The van der Waals surface area contributed by atoms with Crippen molar-refractivity contribution in [2.45, 2.75) is 13.5 Å².